The predicted octanol–water partition coefficient (Wildman–Crippen LogP) is 6.64. The molecular weight excluding hydrogens is 472 g/mol. The zero-order valence-corrected chi connectivity index (χ0v) is 22.0. The van der Waals surface area contributed by atoms with Crippen molar-refractivity contribution in [2.45, 2.75) is 46.1 Å². The number of nitrogen functional groups attached to an aromatic ring is 1. The molecule has 2 atom stereocenters. The molecule has 3 N–H and O–H groups in total. The number of hydrogen-bond acceptors (Lipinski definition) is 5. The van der Waals surface area contributed by atoms with Gasteiger partial charge >= 0.3 is 0 Å². The topological polar surface area (TPSA) is 94.0 Å². The molecule has 0 saturated heterocycles. The largest absolute Gasteiger partial charge is 0.443 e. The lowest BCUT2D eigenvalue weighted by Crippen LogP contribution is -2.25. The SMILES string of the molecule is Cc1cc(N)nc(C)c1CNC(=O)c1ccc2c(c1)C(C)c1cc(-c3cccc4ocnc34)ccc1C2C. The van der Waals surface area contributed by atoms with E-state index in [2.05, 4.69) is 65.5 Å². The Bertz CT molecular complexity index is 1700. The maximum atomic E-state index is 13.2. The summed E-state index contributed by atoms with van der Waals surface area (Å²) in [6, 6.07) is 20.6. The number of nitrogens with zero attached hydrogens (tertiary/aromatic N) is 2. The van der Waals surface area contributed by atoms with Crippen LogP contribution >= 0.6 is 0 Å². The number of aromatic nitrogens is 2. The molecule has 38 heavy (non-hydrogen) atoms. The third-order valence-electron chi connectivity index (χ3n) is 7.97. The van der Waals surface area contributed by atoms with Crippen molar-refractivity contribution in [2.75, 3.05) is 5.73 Å². The van der Waals surface area contributed by atoms with Crippen LogP contribution in [0.3, 0.4) is 0 Å². The highest BCUT2D eigenvalue weighted by atomic mass is 16.3. The molecule has 6 nitrogen and oxygen atoms in total. The first kappa shape index (κ1) is 23.9. The van der Waals surface area contributed by atoms with E-state index in [0.717, 1.165) is 39.0 Å². The van der Waals surface area contributed by atoms with E-state index >= 15 is 0 Å². The lowest BCUT2D eigenvalue weighted by molar-refractivity contribution is 0.0950. The molecule has 2 heterocycles. The molecule has 0 fully saturated rings. The van der Waals surface area contributed by atoms with E-state index in [9.17, 15) is 4.79 Å². The Kier molecular flexibility index (Phi) is 5.75. The van der Waals surface area contributed by atoms with Crippen LogP contribution in [0.25, 0.3) is 22.2 Å². The van der Waals surface area contributed by atoms with Crippen molar-refractivity contribution >= 4 is 22.8 Å². The molecule has 2 unspecified atom stereocenters. The standard InChI is InChI=1S/C32H30N4O2/c1-17-12-30(33)36-20(4)28(17)15-34-32(37)22-9-11-24-18(2)23-10-8-21(13-26(23)19(3)27(24)14-22)25-6-5-7-29-31(25)35-16-38-29/h5-14,16,18-19H,15H2,1-4H3,(H2,33,36)(H,34,37). The third-order valence-corrected chi connectivity index (χ3v) is 7.97. The van der Waals surface area contributed by atoms with Gasteiger partial charge < -0.3 is 15.5 Å². The van der Waals surface area contributed by atoms with Crippen molar-refractivity contribution in [2.24, 2.45) is 0 Å². The van der Waals surface area contributed by atoms with Gasteiger partial charge in [-0.05, 0) is 77.1 Å². The maximum absolute atomic E-state index is 13.2. The lowest BCUT2D eigenvalue weighted by Gasteiger charge is -2.31. The van der Waals surface area contributed by atoms with Gasteiger partial charge in [-0.2, -0.15) is 0 Å². The second-order valence-electron chi connectivity index (χ2n) is 10.2. The number of para-hydroxylation sites is 1. The summed E-state index contributed by atoms with van der Waals surface area (Å²) < 4.78 is 5.52. The minimum Gasteiger partial charge on any atom is -0.443 e. The van der Waals surface area contributed by atoms with Gasteiger partial charge in [0.2, 0.25) is 0 Å². The first-order valence-corrected chi connectivity index (χ1v) is 12.9. The number of nitrogens with one attached hydrogen (secondary N) is 1. The normalized spacial score (nSPS) is 16.2. The summed E-state index contributed by atoms with van der Waals surface area (Å²) in [6.45, 7) is 8.77. The summed E-state index contributed by atoms with van der Waals surface area (Å²) in [4.78, 5) is 22.0. The number of rotatable bonds is 4. The van der Waals surface area contributed by atoms with Gasteiger partial charge in [-0.15, -0.1) is 0 Å². The van der Waals surface area contributed by atoms with Crippen LogP contribution in [0.15, 0.2) is 71.5 Å². The van der Waals surface area contributed by atoms with Gasteiger partial charge in [-0.1, -0.05) is 50.2 Å². The summed E-state index contributed by atoms with van der Waals surface area (Å²) >= 11 is 0. The average molecular weight is 503 g/mol. The van der Waals surface area contributed by atoms with Gasteiger partial charge in [-0.3, -0.25) is 4.79 Å². The van der Waals surface area contributed by atoms with Crippen molar-refractivity contribution in [1.29, 1.82) is 0 Å². The van der Waals surface area contributed by atoms with Gasteiger partial charge in [0.25, 0.3) is 5.91 Å². The van der Waals surface area contributed by atoms with Crippen molar-refractivity contribution in [3.05, 3.63) is 112 Å². The third kappa shape index (κ3) is 3.93. The summed E-state index contributed by atoms with van der Waals surface area (Å²) in [7, 11) is 0. The minimum atomic E-state index is -0.0967. The number of fused-ring (bicyclic) bond motifs is 3. The van der Waals surface area contributed by atoms with Gasteiger partial charge in [0, 0.05) is 35.2 Å². The van der Waals surface area contributed by atoms with Gasteiger partial charge in [-0.25, -0.2) is 9.97 Å². The molecule has 0 aliphatic heterocycles. The number of benzene rings is 3. The van der Waals surface area contributed by atoms with E-state index in [1.54, 1.807) is 0 Å². The van der Waals surface area contributed by atoms with Crippen molar-refractivity contribution in [3.8, 4) is 11.1 Å². The Morgan fingerprint density at radius 3 is 2.47 bits per heavy atom. The number of pyridine rings is 1. The second kappa shape index (κ2) is 9.14. The van der Waals surface area contributed by atoms with Crippen LogP contribution in [-0.2, 0) is 6.54 Å². The molecule has 0 bridgehead atoms. The fraction of sp³-hybridized carbons (Fsp3) is 0.219. The van der Waals surface area contributed by atoms with Gasteiger partial charge in [0.1, 0.15) is 11.3 Å². The molecule has 6 heteroatoms. The highest BCUT2D eigenvalue weighted by Crippen LogP contribution is 2.45. The molecule has 1 aliphatic carbocycles. The van der Waals surface area contributed by atoms with Crippen molar-refractivity contribution in [1.82, 2.24) is 15.3 Å². The first-order chi connectivity index (χ1) is 18.3. The Balaban J connectivity index is 1.31. The highest BCUT2D eigenvalue weighted by molar-refractivity contribution is 5.95. The molecule has 5 aromatic rings. The number of oxazole rings is 1. The van der Waals surface area contributed by atoms with E-state index in [0.29, 0.717) is 17.9 Å². The average Bonchev–Trinajstić information content (AvgIpc) is 3.39. The first-order valence-electron chi connectivity index (χ1n) is 12.9. The van der Waals surface area contributed by atoms with E-state index in [4.69, 9.17) is 10.2 Å². The fourth-order valence-corrected chi connectivity index (χ4v) is 5.88. The minimum absolute atomic E-state index is 0.0967. The molecular formula is C32H30N4O2. The van der Waals surface area contributed by atoms with Crippen molar-refractivity contribution in [3.63, 3.8) is 0 Å². The number of nitrogens with two attached hydrogens (primary N) is 1. The number of carbonyl (C=O) groups excluding carboxylic acids is 1. The zero-order valence-electron chi connectivity index (χ0n) is 22.0. The Labute approximate surface area is 221 Å². The maximum Gasteiger partial charge on any atom is 0.251 e. The Morgan fingerprint density at radius 2 is 1.68 bits per heavy atom. The van der Waals surface area contributed by atoms with Crippen LogP contribution in [0.4, 0.5) is 5.82 Å². The van der Waals surface area contributed by atoms with Crippen molar-refractivity contribution < 1.29 is 9.21 Å². The van der Waals surface area contributed by atoms with Crippen LogP contribution in [-0.4, -0.2) is 15.9 Å². The van der Waals surface area contributed by atoms with E-state index < -0.39 is 0 Å². The molecule has 0 saturated carbocycles. The summed E-state index contributed by atoms with van der Waals surface area (Å²) in [6.07, 6.45) is 1.49. The molecule has 3 aromatic carbocycles. The molecule has 0 radical (unpaired) electrons. The highest BCUT2D eigenvalue weighted by Gasteiger charge is 2.29. The summed E-state index contributed by atoms with van der Waals surface area (Å²) in [5.41, 5.74) is 18.2. The molecule has 0 spiro atoms. The molecule has 2 aromatic heterocycles. The van der Waals surface area contributed by atoms with Gasteiger partial charge in [0.05, 0.1) is 0 Å². The number of anilines is 1. The van der Waals surface area contributed by atoms with E-state index in [1.165, 1.54) is 28.6 Å². The number of amides is 1. The fourth-order valence-electron chi connectivity index (χ4n) is 5.88. The van der Waals surface area contributed by atoms with E-state index in [-0.39, 0.29) is 17.7 Å². The lowest BCUT2D eigenvalue weighted by atomic mass is 9.72. The second-order valence-corrected chi connectivity index (χ2v) is 10.2. The smallest absolute Gasteiger partial charge is 0.251 e. The molecule has 190 valence electrons. The monoisotopic (exact) mass is 502 g/mol. The number of hydrogen-bond donors (Lipinski definition) is 2. The van der Waals surface area contributed by atoms with Crippen LogP contribution < -0.4 is 11.1 Å². The quantitative estimate of drug-likeness (QED) is 0.287. The predicted molar refractivity (Wildman–Crippen MR) is 150 cm³/mol. The molecule has 6 rings (SSSR count). The van der Waals surface area contributed by atoms with E-state index in [1.807, 2.05) is 38.1 Å². The number of carbonyl (C=O) groups is 1. The van der Waals surface area contributed by atoms with Crippen LogP contribution in [0, 0.1) is 13.8 Å². The Morgan fingerprint density at radius 1 is 0.947 bits per heavy atom. The zero-order chi connectivity index (χ0) is 26.6. The molecule has 1 aliphatic rings. The van der Waals surface area contributed by atoms with Crippen LogP contribution in [0.1, 0.15) is 75.1 Å². The van der Waals surface area contributed by atoms with Crippen LogP contribution in [0.2, 0.25) is 0 Å². The van der Waals surface area contributed by atoms with Crippen LogP contribution in [0.5, 0.6) is 0 Å². The summed E-state index contributed by atoms with van der Waals surface area (Å²) in [5.74, 6) is 0.775. The Hall–Kier alpha value is -4.45. The number of aryl methyl sites for hydroxylation is 2. The molecule has 1 amide bonds. The van der Waals surface area contributed by atoms with Gasteiger partial charge in [0.15, 0.2) is 12.0 Å². The summed E-state index contributed by atoms with van der Waals surface area (Å²) in [5, 5.41) is 3.08.